The first-order valence-electron chi connectivity index (χ1n) is 7.12. The number of nitrogens with one attached hydrogen (secondary N) is 2. The van der Waals surface area contributed by atoms with E-state index in [2.05, 4.69) is 20.4 Å². The minimum Gasteiger partial charge on any atom is -0.304 e. The Morgan fingerprint density at radius 2 is 2.05 bits per heavy atom. The lowest BCUT2D eigenvalue weighted by Crippen LogP contribution is -2.44. The van der Waals surface area contributed by atoms with Crippen molar-refractivity contribution in [2.24, 2.45) is 0 Å². The van der Waals surface area contributed by atoms with Gasteiger partial charge in [-0.05, 0) is 26.7 Å². The lowest BCUT2D eigenvalue weighted by atomic mass is 9.98. The van der Waals surface area contributed by atoms with Crippen LogP contribution < -0.4 is 10.0 Å². The van der Waals surface area contributed by atoms with Crippen molar-refractivity contribution in [1.29, 1.82) is 0 Å². The summed E-state index contributed by atoms with van der Waals surface area (Å²) in [6.45, 7) is 4.73. The summed E-state index contributed by atoms with van der Waals surface area (Å²) in [7, 11) is -3.10. The number of thiazole rings is 1. The Hall–Kier alpha value is -0.500. The van der Waals surface area contributed by atoms with Gasteiger partial charge in [0.15, 0.2) is 0 Å². The predicted octanol–water partition coefficient (Wildman–Crippen LogP) is 1.75. The first-order chi connectivity index (χ1) is 9.47. The molecule has 0 bridgehead atoms. The second-order valence-electron chi connectivity index (χ2n) is 5.31. The first-order valence-corrected chi connectivity index (χ1v) is 9.66. The van der Waals surface area contributed by atoms with Crippen molar-refractivity contribution in [2.45, 2.75) is 45.1 Å². The normalized spacial score (nSPS) is 18.5. The van der Waals surface area contributed by atoms with Crippen LogP contribution >= 0.6 is 11.3 Å². The first kappa shape index (κ1) is 15.9. The number of aryl methyl sites for hydroxylation is 1. The van der Waals surface area contributed by atoms with Crippen LogP contribution in [0.2, 0.25) is 0 Å². The van der Waals surface area contributed by atoms with E-state index in [1.807, 2.05) is 6.92 Å². The van der Waals surface area contributed by atoms with Crippen LogP contribution in [-0.2, 0) is 15.6 Å². The molecule has 1 fully saturated rings. The molecule has 1 aromatic heterocycles. The fourth-order valence-corrected chi connectivity index (χ4v) is 4.28. The molecular formula is C13H23N3O2S2. The number of hydrogen-bond donors (Lipinski definition) is 2. The molecule has 20 heavy (non-hydrogen) atoms. The maximum absolute atomic E-state index is 11.4. The zero-order valence-corrected chi connectivity index (χ0v) is 13.7. The maximum atomic E-state index is 11.4. The molecule has 0 aliphatic heterocycles. The minimum absolute atomic E-state index is 0.0451. The Morgan fingerprint density at radius 1 is 1.35 bits per heavy atom. The third kappa shape index (κ3) is 3.78. The molecule has 0 spiro atoms. The minimum atomic E-state index is -3.10. The molecule has 0 amide bonds. The van der Waals surface area contributed by atoms with Gasteiger partial charge in [-0.25, -0.2) is 18.1 Å². The highest BCUT2D eigenvalue weighted by molar-refractivity contribution is 7.89. The fraction of sp³-hybridized carbons (Fsp3) is 0.769. The van der Waals surface area contributed by atoms with Gasteiger partial charge >= 0.3 is 0 Å². The van der Waals surface area contributed by atoms with Gasteiger partial charge in [-0.2, -0.15) is 0 Å². The Morgan fingerprint density at radius 3 is 2.60 bits per heavy atom. The number of nitrogens with zero attached hydrogens (tertiary/aromatic N) is 1. The van der Waals surface area contributed by atoms with Gasteiger partial charge in [0.1, 0.15) is 5.01 Å². The molecule has 1 aromatic rings. The lowest BCUT2D eigenvalue weighted by molar-refractivity contribution is 0.342. The summed E-state index contributed by atoms with van der Waals surface area (Å²) in [5.41, 5.74) is 1.01. The zero-order chi connectivity index (χ0) is 14.6. The number of sulfonamides is 1. The summed E-state index contributed by atoms with van der Waals surface area (Å²) in [4.78, 5) is 4.63. The van der Waals surface area contributed by atoms with Crippen molar-refractivity contribution < 1.29 is 8.42 Å². The molecule has 7 heteroatoms. The molecule has 1 heterocycles. The smallest absolute Gasteiger partial charge is 0.211 e. The quantitative estimate of drug-likeness (QED) is 0.752. The summed E-state index contributed by atoms with van der Waals surface area (Å²) in [6, 6.07) is 0. The Bertz CT molecular complexity index is 534. The summed E-state index contributed by atoms with van der Waals surface area (Å²) in [6.07, 6.45) is 4.57. The van der Waals surface area contributed by atoms with Crippen molar-refractivity contribution in [3.8, 4) is 0 Å². The second-order valence-corrected chi connectivity index (χ2v) is 8.26. The van der Waals surface area contributed by atoms with Crippen molar-refractivity contribution in [3.63, 3.8) is 0 Å². The SMILES string of the molecule is CCS(=O)(=O)NCCNC1(c2nc(C)cs2)CCCC1. The molecule has 1 aliphatic rings. The third-order valence-corrected chi connectivity index (χ3v) is 6.34. The van der Waals surface area contributed by atoms with Gasteiger partial charge in [0.25, 0.3) is 0 Å². The van der Waals surface area contributed by atoms with Crippen LogP contribution in [0.4, 0.5) is 0 Å². The standard InChI is InChI=1S/C13H23N3O2S2/c1-3-20(17,18)15-9-8-14-13(6-4-5-7-13)12-16-11(2)10-19-12/h10,14-15H,3-9H2,1-2H3. The third-order valence-electron chi connectivity index (χ3n) is 3.78. The van der Waals surface area contributed by atoms with E-state index >= 15 is 0 Å². The van der Waals surface area contributed by atoms with Gasteiger partial charge in [-0.3, -0.25) is 0 Å². The van der Waals surface area contributed by atoms with E-state index in [9.17, 15) is 8.42 Å². The summed E-state index contributed by atoms with van der Waals surface area (Å²) in [5, 5.41) is 6.77. The molecule has 0 atom stereocenters. The zero-order valence-electron chi connectivity index (χ0n) is 12.1. The van der Waals surface area contributed by atoms with Gasteiger partial charge < -0.3 is 5.32 Å². The van der Waals surface area contributed by atoms with Gasteiger partial charge in [0.2, 0.25) is 10.0 Å². The monoisotopic (exact) mass is 317 g/mol. The summed E-state index contributed by atoms with van der Waals surface area (Å²) >= 11 is 1.70. The summed E-state index contributed by atoms with van der Waals surface area (Å²) < 4.78 is 25.4. The molecule has 2 N–H and O–H groups in total. The fourth-order valence-electron chi connectivity index (χ4n) is 2.63. The number of rotatable bonds is 7. The molecule has 1 aliphatic carbocycles. The van der Waals surface area contributed by atoms with Crippen molar-refractivity contribution in [2.75, 3.05) is 18.8 Å². The molecule has 5 nitrogen and oxygen atoms in total. The van der Waals surface area contributed by atoms with Crippen molar-refractivity contribution >= 4 is 21.4 Å². The van der Waals surface area contributed by atoms with Gasteiger partial charge in [-0.1, -0.05) is 12.8 Å². The van der Waals surface area contributed by atoms with Crippen molar-refractivity contribution in [1.82, 2.24) is 15.0 Å². The van der Waals surface area contributed by atoms with Crippen LogP contribution in [0.5, 0.6) is 0 Å². The molecule has 0 saturated heterocycles. The van der Waals surface area contributed by atoms with E-state index < -0.39 is 10.0 Å². The Labute approximate surface area is 125 Å². The van der Waals surface area contributed by atoms with Crippen molar-refractivity contribution in [3.05, 3.63) is 16.1 Å². The van der Waals surface area contributed by atoms with Crippen LogP contribution in [-0.4, -0.2) is 32.2 Å². The molecule has 0 unspecified atom stereocenters. The van der Waals surface area contributed by atoms with Gasteiger partial charge in [-0.15, -0.1) is 11.3 Å². The molecule has 2 rings (SSSR count). The van der Waals surface area contributed by atoms with E-state index in [0.717, 1.165) is 23.5 Å². The lowest BCUT2D eigenvalue weighted by Gasteiger charge is -2.28. The molecule has 1 saturated carbocycles. The maximum Gasteiger partial charge on any atom is 0.211 e. The van der Waals surface area contributed by atoms with Crippen LogP contribution in [0.1, 0.15) is 43.3 Å². The van der Waals surface area contributed by atoms with E-state index in [4.69, 9.17) is 0 Å². The average molecular weight is 317 g/mol. The molecule has 114 valence electrons. The van der Waals surface area contributed by atoms with Crippen LogP contribution in [0.15, 0.2) is 5.38 Å². The predicted molar refractivity (Wildman–Crippen MR) is 82.5 cm³/mol. The Balaban J connectivity index is 1.94. The highest BCUT2D eigenvalue weighted by Crippen LogP contribution is 2.39. The van der Waals surface area contributed by atoms with Gasteiger partial charge in [0.05, 0.1) is 11.3 Å². The second kappa shape index (κ2) is 6.51. The number of aromatic nitrogens is 1. The van der Waals surface area contributed by atoms with Crippen LogP contribution in [0, 0.1) is 6.92 Å². The van der Waals surface area contributed by atoms with Crippen LogP contribution in [0.3, 0.4) is 0 Å². The number of hydrogen-bond acceptors (Lipinski definition) is 5. The molecule has 0 aromatic carbocycles. The average Bonchev–Trinajstić information content (AvgIpc) is 3.05. The topological polar surface area (TPSA) is 71.1 Å². The van der Waals surface area contributed by atoms with E-state index in [1.54, 1.807) is 18.3 Å². The molecule has 0 radical (unpaired) electrons. The van der Waals surface area contributed by atoms with E-state index in [0.29, 0.717) is 13.1 Å². The van der Waals surface area contributed by atoms with E-state index in [-0.39, 0.29) is 11.3 Å². The van der Waals surface area contributed by atoms with Crippen LogP contribution in [0.25, 0.3) is 0 Å². The molecular weight excluding hydrogens is 294 g/mol. The highest BCUT2D eigenvalue weighted by Gasteiger charge is 2.37. The van der Waals surface area contributed by atoms with E-state index in [1.165, 1.54) is 12.8 Å². The highest BCUT2D eigenvalue weighted by atomic mass is 32.2. The van der Waals surface area contributed by atoms with Gasteiger partial charge in [0, 0.05) is 24.2 Å². The Kier molecular flexibility index (Phi) is 5.17. The summed E-state index contributed by atoms with van der Waals surface area (Å²) in [5.74, 6) is 0.129. The largest absolute Gasteiger partial charge is 0.304 e.